The Kier molecular flexibility index (Phi) is 3.89. The van der Waals surface area contributed by atoms with E-state index in [0.717, 1.165) is 6.04 Å². The highest BCUT2D eigenvalue weighted by atomic mass is 127. The fraction of sp³-hybridized carbons (Fsp3) is 1.00. The van der Waals surface area contributed by atoms with Crippen LogP contribution in [0.15, 0.2) is 0 Å². The van der Waals surface area contributed by atoms with Crippen molar-refractivity contribution in [3.63, 3.8) is 0 Å². The standard InChI is InChI=1S/C7H14IN/c8-5-2-6-9-7-3-1-4-7/h7,9H,1-6H2. The lowest BCUT2D eigenvalue weighted by molar-refractivity contribution is 0.341. The van der Waals surface area contributed by atoms with Crippen LogP contribution in [0.2, 0.25) is 0 Å². The van der Waals surface area contributed by atoms with Crippen molar-refractivity contribution in [3.05, 3.63) is 0 Å². The van der Waals surface area contributed by atoms with E-state index in [2.05, 4.69) is 27.9 Å². The molecule has 0 aromatic carbocycles. The summed E-state index contributed by atoms with van der Waals surface area (Å²) in [5.74, 6) is 0. The highest BCUT2D eigenvalue weighted by Crippen LogP contribution is 2.17. The van der Waals surface area contributed by atoms with Gasteiger partial charge in [0.25, 0.3) is 0 Å². The molecule has 1 rings (SSSR count). The summed E-state index contributed by atoms with van der Waals surface area (Å²) < 4.78 is 1.29. The van der Waals surface area contributed by atoms with Crippen LogP contribution < -0.4 is 5.32 Å². The molecular weight excluding hydrogens is 225 g/mol. The molecule has 2 heteroatoms. The van der Waals surface area contributed by atoms with Crippen molar-refractivity contribution < 1.29 is 0 Å². The number of halogens is 1. The summed E-state index contributed by atoms with van der Waals surface area (Å²) in [6.45, 7) is 1.23. The van der Waals surface area contributed by atoms with Crippen LogP contribution in [0.1, 0.15) is 25.7 Å². The Balaban J connectivity index is 1.80. The predicted octanol–water partition coefficient (Wildman–Crippen LogP) is 1.95. The molecule has 0 radical (unpaired) electrons. The van der Waals surface area contributed by atoms with Gasteiger partial charge < -0.3 is 5.32 Å². The average molecular weight is 239 g/mol. The third-order valence-electron chi connectivity index (χ3n) is 1.85. The fourth-order valence-electron chi connectivity index (χ4n) is 0.985. The number of nitrogens with one attached hydrogen (secondary N) is 1. The second kappa shape index (κ2) is 4.50. The Morgan fingerprint density at radius 3 is 2.67 bits per heavy atom. The lowest BCUT2D eigenvalue weighted by Gasteiger charge is -2.26. The zero-order valence-electron chi connectivity index (χ0n) is 5.70. The molecular formula is C7H14IN. The second-order valence-corrected chi connectivity index (χ2v) is 3.70. The van der Waals surface area contributed by atoms with Gasteiger partial charge in [-0.1, -0.05) is 29.0 Å². The third-order valence-corrected chi connectivity index (χ3v) is 2.61. The van der Waals surface area contributed by atoms with Gasteiger partial charge in [-0.15, -0.1) is 0 Å². The van der Waals surface area contributed by atoms with E-state index < -0.39 is 0 Å². The van der Waals surface area contributed by atoms with Gasteiger partial charge in [-0.25, -0.2) is 0 Å². The minimum absolute atomic E-state index is 0.882. The Hall–Kier alpha value is 0.690. The summed E-state index contributed by atoms with van der Waals surface area (Å²) in [6.07, 6.45) is 5.61. The monoisotopic (exact) mass is 239 g/mol. The molecule has 0 aromatic rings. The van der Waals surface area contributed by atoms with Crippen LogP contribution in [0.25, 0.3) is 0 Å². The van der Waals surface area contributed by atoms with Gasteiger partial charge >= 0.3 is 0 Å². The van der Waals surface area contributed by atoms with Gasteiger partial charge in [-0.2, -0.15) is 0 Å². The molecule has 54 valence electrons. The molecule has 0 bridgehead atoms. The van der Waals surface area contributed by atoms with Gasteiger partial charge in [0.05, 0.1) is 0 Å². The van der Waals surface area contributed by atoms with Crippen LogP contribution in [0, 0.1) is 0 Å². The second-order valence-electron chi connectivity index (χ2n) is 2.62. The maximum absolute atomic E-state index is 3.52. The first-order valence-electron chi connectivity index (χ1n) is 3.73. The normalized spacial score (nSPS) is 19.7. The smallest absolute Gasteiger partial charge is 0.00670 e. The molecule has 1 fully saturated rings. The molecule has 1 aliphatic carbocycles. The van der Waals surface area contributed by atoms with E-state index in [9.17, 15) is 0 Å². The van der Waals surface area contributed by atoms with Crippen molar-refractivity contribution in [1.82, 2.24) is 5.32 Å². The van der Waals surface area contributed by atoms with Crippen LogP contribution in [0.4, 0.5) is 0 Å². The van der Waals surface area contributed by atoms with Crippen molar-refractivity contribution in [2.75, 3.05) is 11.0 Å². The van der Waals surface area contributed by atoms with Gasteiger partial charge in [0.1, 0.15) is 0 Å². The average Bonchev–Trinajstić information content (AvgIpc) is 1.76. The third kappa shape index (κ3) is 2.85. The van der Waals surface area contributed by atoms with E-state index in [1.807, 2.05) is 0 Å². The molecule has 0 aromatic heterocycles. The quantitative estimate of drug-likeness (QED) is 0.449. The maximum Gasteiger partial charge on any atom is 0.00670 e. The van der Waals surface area contributed by atoms with Crippen LogP contribution in [-0.4, -0.2) is 17.0 Å². The Morgan fingerprint density at radius 2 is 2.22 bits per heavy atom. The first-order valence-corrected chi connectivity index (χ1v) is 5.25. The zero-order valence-corrected chi connectivity index (χ0v) is 7.86. The maximum atomic E-state index is 3.52. The topological polar surface area (TPSA) is 12.0 Å². The van der Waals surface area contributed by atoms with E-state index in [4.69, 9.17) is 0 Å². The van der Waals surface area contributed by atoms with Gasteiger partial charge in [-0.3, -0.25) is 0 Å². The highest BCUT2D eigenvalue weighted by molar-refractivity contribution is 14.1. The van der Waals surface area contributed by atoms with Crippen molar-refractivity contribution in [2.24, 2.45) is 0 Å². The van der Waals surface area contributed by atoms with E-state index in [1.165, 1.54) is 36.7 Å². The summed E-state index contributed by atoms with van der Waals surface area (Å²) in [5.41, 5.74) is 0. The summed E-state index contributed by atoms with van der Waals surface area (Å²) in [7, 11) is 0. The number of hydrogen-bond donors (Lipinski definition) is 1. The Morgan fingerprint density at radius 1 is 1.44 bits per heavy atom. The molecule has 0 saturated heterocycles. The zero-order chi connectivity index (χ0) is 6.53. The molecule has 0 amide bonds. The first kappa shape index (κ1) is 7.79. The highest BCUT2D eigenvalue weighted by Gasteiger charge is 2.15. The SMILES string of the molecule is ICCCNC1CCC1. The molecule has 0 heterocycles. The van der Waals surface area contributed by atoms with Gasteiger partial charge in [0.2, 0.25) is 0 Å². The van der Waals surface area contributed by atoms with E-state index in [-0.39, 0.29) is 0 Å². The minimum atomic E-state index is 0.882. The lowest BCUT2D eigenvalue weighted by atomic mass is 9.93. The fourth-order valence-corrected chi connectivity index (χ4v) is 1.37. The van der Waals surface area contributed by atoms with E-state index >= 15 is 0 Å². The molecule has 1 aliphatic rings. The molecule has 0 unspecified atom stereocenters. The molecule has 0 atom stereocenters. The van der Waals surface area contributed by atoms with Gasteiger partial charge in [0, 0.05) is 10.5 Å². The van der Waals surface area contributed by atoms with Crippen molar-refractivity contribution >= 4 is 22.6 Å². The molecule has 0 spiro atoms. The van der Waals surface area contributed by atoms with Crippen molar-refractivity contribution in [1.29, 1.82) is 0 Å². The minimum Gasteiger partial charge on any atom is -0.314 e. The predicted molar refractivity (Wildman–Crippen MR) is 49.1 cm³/mol. The van der Waals surface area contributed by atoms with Gasteiger partial charge in [-0.05, 0) is 25.8 Å². The van der Waals surface area contributed by atoms with E-state index in [0.29, 0.717) is 0 Å². The molecule has 1 nitrogen and oxygen atoms in total. The van der Waals surface area contributed by atoms with E-state index in [1.54, 1.807) is 0 Å². The largest absolute Gasteiger partial charge is 0.314 e. The summed E-state index contributed by atoms with van der Waals surface area (Å²) in [6, 6.07) is 0.882. The van der Waals surface area contributed by atoms with Crippen LogP contribution >= 0.6 is 22.6 Å². The van der Waals surface area contributed by atoms with Crippen LogP contribution in [0.5, 0.6) is 0 Å². The van der Waals surface area contributed by atoms with Gasteiger partial charge in [0.15, 0.2) is 0 Å². The molecule has 1 saturated carbocycles. The molecule has 9 heavy (non-hydrogen) atoms. The van der Waals surface area contributed by atoms with Crippen molar-refractivity contribution in [2.45, 2.75) is 31.7 Å². The number of hydrogen-bond acceptors (Lipinski definition) is 1. The van der Waals surface area contributed by atoms with Crippen molar-refractivity contribution in [3.8, 4) is 0 Å². The summed E-state index contributed by atoms with van der Waals surface area (Å²) in [5, 5.41) is 3.52. The Bertz CT molecular complexity index is 71.3. The molecule has 1 N–H and O–H groups in total. The lowest BCUT2D eigenvalue weighted by Crippen LogP contribution is -2.35. The molecule has 0 aliphatic heterocycles. The summed E-state index contributed by atoms with van der Waals surface area (Å²) >= 11 is 2.42. The van der Waals surface area contributed by atoms with Crippen LogP contribution in [-0.2, 0) is 0 Å². The first-order chi connectivity index (χ1) is 4.43. The van der Waals surface area contributed by atoms with Crippen LogP contribution in [0.3, 0.4) is 0 Å². The number of alkyl halides is 1. The Labute approximate surface area is 70.7 Å². The summed E-state index contributed by atoms with van der Waals surface area (Å²) in [4.78, 5) is 0. The number of rotatable bonds is 4.